The first kappa shape index (κ1) is 32.3. The van der Waals surface area contributed by atoms with Gasteiger partial charge < -0.3 is 4.90 Å². The number of amides is 2. The molecule has 222 valence electrons. The van der Waals surface area contributed by atoms with Crippen molar-refractivity contribution in [1.29, 1.82) is 0 Å². The van der Waals surface area contributed by atoms with Gasteiger partial charge in [0.25, 0.3) is 21.6 Å². The molecule has 1 atom stereocenters. The van der Waals surface area contributed by atoms with Crippen LogP contribution in [0.5, 0.6) is 0 Å². The van der Waals surface area contributed by atoms with Crippen molar-refractivity contribution in [2.45, 2.75) is 24.3 Å². The summed E-state index contributed by atoms with van der Waals surface area (Å²) in [5.74, 6) is -1.31. The minimum absolute atomic E-state index is 0.0640. The molecule has 0 radical (unpaired) electrons. The molecule has 9 nitrogen and oxygen atoms in total. The van der Waals surface area contributed by atoms with E-state index in [-0.39, 0.29) is 16.1 Å². The van der Waals surface area contributed by atoms with Crippen LogP contribution < -0.4 is 4.90 Å². The molecule has 2 amide bonds. The van der Waals surface area contributed by atoms with Gasteiger partial charge in [-0.15, -0.1) is 0 Å². The molecule has 4 aromatic rings. The minimum Gasteiger partial charge on any atom is -0.300 e. The Morgan fingerprint density at radius 3 is 2.00 bits per heavy atom. The van der Waals surface area contributed by atoms with Crippen molar-refractivity contribution >= 4 is 76.7 Å². The number of carbonyl (C=O) groups excluding carboxylic acids is 2. The van der Waals surface area contributed by atoms with Gasteiger partial charge in [0.15, 0.2) is 0 Å². The molecule has 0 N–H and O–H groups in total. The van der Waals surface area contributed by atoms with Crippen LogP contribution in [0.1, 0.15) is 33.9 Å². The van der Waals surface area contributed by atoms with Gasteiger partial charge in [0, 0.05) is 44.4 Å². The summed E-state index contributed by atoms with van der Waals surface area (Å²) in [4.78, 5) is 40.0. The molecule has 0 fully saturated rings. The highest BCUT2D eigenvalue weighted by molar-refractivity contribution is 9.11. The van der Waals surface area contributed by atoms with Crippen molar-refractivity contribution in [2.24, 2.45) is 0 Å². The molecule has 0 aliphatic carbocycles. The number of hydrogen-bond acceptors (Lipinski definition) is 6. The topological polar surface area (TPSA) is 118 Å². The summed E-state index contributed by atoms with van der Waals surface area (Å²) in [7, 11) is -3.06. The maximum absolute atomic E-state index is 14.2. The van der Waals surface area contributed by atoms with Crippen LogP contribution in [0.15, 0.2) is 105 Å². The van der Waals surface area contributed by atoms with E-state index in [1.165, 1.54) is 53.4 Å². The molecule has 0 saturated carbocycles. The smallest absolute Gasteiger partial charge is 0.269 e. The van der Waals surface area contributed by atoms with E-state index in [4.69, 9.17) is 11.6 Å². The highest BCUT2D eigenvalue weighted by Crippen LogP contribution is 2.36. The zero-order chi connectivity index (χ0) is 31.5. The lowest BCUT2D eigenvalue weighted by Crippen LogP contribution is -2.40. The van der Waals surface area contributed by atoms with Gasteiger partial charge in [-0.2, -0.15) is 0 Å². The number of sulfonamides is 1. The molecule has 4 aromatic carbocycles. The number of rotatable bonds is 9. The summed E-state index contributed by atoms with van der Waals surface area (Å²) in [5.41, 5.74) is 1.66. The first-order chi connectivity index (χ1) is 20.3. The Morgan fingerprint density at radius 2 is 1.47 bits per heavy atom. The van der Waals surface area contributed by atoms with Gasteiger partial charge in [-0.25, -0.2) is 12.7 Å². The van der Waals surface area contributed by atoms with Crippen LogP contribution >= 0.6 is 43.5 Å². The molecular weight excluding hydrogens is 726 g/mol. The summed E-state index contributed by atoms with van der Waals surface area (Å²) in [6.07, 6.45) is -0.469. The van der Waals surface area contributed by atoms with Gasteiger partial charge in [0.1, 0.15) is 0 Å². The number of aryl methyl sites for hydroxylation is 1. The van der Waals surface area contributed by atoms with Crippen molar-refractivity contribution in [2.75, 3.05) is 11.9 Å². The molecule has 0 aliphatic rings. The number of benzene rings is 4. The quantitative estimate of drug-likeness (QED) is 0.128. The number of carbonyl (C=O) groups is 2. The Kier molecular flexibility index (Phi) is 10.1. The summed E-state index contributed by atoms with van der Waals surface area (Å²) >= 11 is 12.9. The third-order valence-electron chi connectivity index (χ3n) is 6.63. The number of nitro benzene ring substituents is 1. The zero-order valence-corrected chi connectivity index (χ0v) is 27.5. The van der Waals surface area contributed by atoms with Gasteiger partial charge >= 0.3 is 0 Å². The molecule has 0 bridgehead atoms. The molecule has 0 spiro atoms. The lowest BCUT2D eigenvalue weighted by atomic mass is 9.99. The fourth-order valence-corrected chi connectivity index (χ4v) is 6.86. The summed E-state index contributed by atoms with van der Waals surface area (Å²) in [5, 5.41) is 11.8. The van der Waals surface area contributed by atoms with Gasteiger partial charge in [-0.1, -0.05) is 73.3 Å². The van der Waals surface area contributed by atoms with Crippen LogP contribution in [-0.2, 0) is 14.8 Å². The lowest BCUT2D eigenvalue weighted by molar-refractivity contribution is -0.384. The van der Waals surface area contributed by atoms with Crippen LogP contribution in [-0.4, -0.2) is 36.5 Å². The molecule has 0 heterocycles. The molecule has 0 unspecified atom stereocenters. The third kappa shape index (κ3) is 7.50. The third-order valence-corrected chi connectivity index (χ3v) is 9.59. The van der Waals surface area contributed by atoms with Crippen molar-refractivity contribution < 1.29 is 22.9 Å². The summed E-state index contributed by atoms with van der Waals surface area (Å²) in [6.45, 7) is 1.81. The average molecular weight is 750 g/mol. The van der Waals surface area contributed by atoms with Crippen LogP contribution in [0, 0.1) is 17.0 Å². The summed E-state index contributed by atoms with van der Waals surface area (Å²) in [6, 6.07) is 21.7. The van der Waals surface area contributed by atoms with Crippen LogP contribution in [0.4, 0.5) is 11.4 Å². The summed E-state index contributed by atoms with van der Waals surface area (Å²) < 4.78 is 28.6. The Labute approximate surface area is 270 Å². The molecule has 43 heavy (non-hydrogen) atoms. The van der Waals surface area contributed by atoms with E-state index in [2.05, 4.69) is 31.9 Å². The second kappa shape index (κ2) is 13.4. The fourth-order valence-electron chi connectivity index (χ4n) is 4.32. The lowest BCUT2D eigenvalue weighted by Gasteiger charge is -2.33. The second-order valence-corrected chi connectivity index (χ2v) is 13.8. The monoisotopic (exact) mass is 747 g/mol. The normalized spacial score (nSPS) is 11.9. The number of hydrogen-bond donors (Lipinski definition) is 0. The first-order valence-corrected chi connectivity index (χ1v) is 16.1. The van der Waals surface area contributed by atoms with E-state index in [1.54, 1.807) is 42.5 Å². The number of nitro groups is 1. The van der Waals surface area contributed by atoms with E-state index >= 15 is 0 Å². The molecule has 13 heteroatoms. The van der Waals surface area contributed by atoms with Crippen LogP contribution in [0.2, 0.25) is 5.02 Å². The van der Waals surface area contributed by atoms with E-state index in [1.807, 2.05) is 6.92 Å². The Balaban J connectivity index is 1.85. The molecular formula is C30H24Br2ClN3O6S. The van der Waals surface area contributed by atoms with Gasteiger partial charge in [0.05, 0.1) is 22.3 Å². The molecule has 4 rings (SSSR count). The second-order valence-electron chi connectivity index (χ2n) is 9.56. The van der Waals surface area contributed by atoms with E-state index in [9.17, 15) is 28.1 Å². The predicted molar refractivity (Wildman–Crippen MR) is 172 cm³/mol. The van der Waals surface area contributed by atoms with E-state index in [0.29, 0.717) is 29.5 Å². The number of halogens is 3. The number of nitrogens with zero attached hydrogens (tertiary/aromatic N) is 3. The number of non-ortho nitro benzene ring substituents is 1. The van der Waals surface area contributed by atoms with Crippen molar-refractivity contribution in [3.05, 3.63) is 132 Å². The number of anilines is 1. The molecule has 0 saturated heterocycles. The Bertz CT molecular complexity index is 1760. The standard InChI is InChI=1S/C30H24Br2ClN3O6S/c1-19-3-13-27(14-4-19)43(41,42)34(2)29(37)18-28(20-7-11-25(12-8-20)36(39)40)35(26-16-22(31)15-23(32)17-26)30(38)21-5-9-24(33)10-6-21/h3-17,28H,18H2,1-2H3/t28-/m1/s1. The van der Waals surface area contributed by atoms with Gasteiger partial charge in [0.2, 0.25) is 5.91 Å². The van der Waals surface area contributed by atoms with Crippen molar-refractivity contribution in [3.63, 3.8) is 0 Å². The Hall–Kier alpha value is -3.58. The van der Waals surface area contributed by atoms with Crippen molar-refractivity contribution in [3.8, 4) is 0 Å². The highest BCUT2D eigenvalue weighted by Gasteiger charge is 2.34. The average Bonchev–Trinajstić information content (AvgIpc) is 2.96. The van der Waals surface area contributed by atoms with Crippen LogP contribution in [0.25, 0.3) is 0 Å². The van der Waals surface area contributed by atoms with Gasteiger partial charge in [-0.05, 0) is 67.1 Å². The molecule has 0 aromatic heterocycles. The van der Waals surface area contributed by atoms with Gasteiger partial charge in [-0.3, -0.25) is 19.7 Å². The van der Waals surface area contributed by atoms with Crippen LogP contribution in [0.3, 0.4) is 0 Å². The molecule has 0 aliphatic heterocycles. The van der Waals surface area contributed by atoms with E-state index < -0.39 is 39.2 Å². The maximum Gasteiger partial charge on any atom is 0.269 e. The minimum atomic E-state index is -4.22. The SMILES string of the molecule is Cc1ccc(S(=O)(=O)N(C)C(=O)C[C@H](c2ccc([N+](=O)[O-])cc2)N(C(=O)c2ccc(Cl)cc2)c2cc(Br)cc(Br)c2)cc1. The van der Waals surface area contributed by atoms with E-state index in [0.717, 1.165) is 12.6 Å². The largest absolute Gasteiger partial charge is 0.300 e. The zero-order valence-electron chi connectivity index (χ0n) is 22.8. The first-order valence-electron chi connectivity index (χ1n) is 12.7. The van der Waals surface area contributed by atoms with Crippen molar-refractivity contribution in [1.82, 2.24) is 4.31 Å². The fraction of sp³-hybridized carbons (Fsp3) is 0.133. The maximum atomic E-state index is 14.2. The highest BCUT2D eigenvalue weighted by atomic mass is 79.9. The predicted octanol–water partition coefficient (Wildman–Crippen LogP) is 7.71. The Morgan fingerprint density at radius 1 is 0.907 bits per heavy atom.